The zero-order valence-corrected chi connectivity index (χ0v) is 9.54. The van der Waals surface area contributed by atoms with Crippen molar-refractivity contribution in [2.24, 2.45) is 11.1 Å². The first-order valence-corrected chi connectivity index (χ1v) is 6.05. The molecule has 0 heterocycles. The quantitative estimate of drug-likeness (QED) is 0.623. The molecule has 0 fully saturated rings. The number of hydrogen-bond acceptors (Lipinski definition) is 2. The zero-order valence-electron chi connectivity index (χ0n) is 8.73. The first-order valence-electron chi connectivity index (χ1n) is 4.90. The molecule has 0 radical (unpaired) electrons. The average Bonchev–Trinajstić information content (AvgIpc) is 2.04. The van der Waals surface area contributed by atoms with Crippen LogP contribution in [-0.2, 0) is 0 Å². The Bertz CT molecular complexity index is 102. The number of nitrogens with two attached hydrogens (primary N) is 1. The Hall–Kier alpha value is 0.310. The minimum absolute atomic E-state index is 0.346. The molecular weight excluding hydrogens is 166 g/mol. The third kappa shape index (κ3) is 6.99. The molecule has 0 aromatic carbocycles. The topological polar surface area (TPSA) is 26.0 Å². The molecule has 2 heteroatoms. The van der Waals surface area contributed by atoms with E-state index in [-0.39, 0.29) is 0 Å². The lowest BCUT2D eigenvalue weighted by Gasteiger charge is -2.21. The van der Waals surface area contributed by atoms with Crippen molar-refractivity contribution < 1.29 is 0 Å². The fourth-order valence-corrected chi connectivity index (χ4v) is 2.19. The lowest BCUT2D eigenvalue weighted by atomic mass is 9.91. The van der Waals surface area contributed by atoms with E-state index in [9.17, 15) is 0 Å². The third-order valence-electron chi connectivity index (χ3n) is 2.12. The van der Waals surface area contributed by atoms with Gasteiger partial charge in [-0.05, 0) is 36.3 Å². The van der Waals surface area contributed by atoms with Crippen molar-refractivity contribution in [1.82, 2.24) is 0 Å². The van der Waals surface area contributed by atoms with Crippen LogP contribution < -0.4 is 5.73 Å². The van der Waals surface area contributed by atoms with Gasteiger partial charge in [-0.2, -0.15) is 11.8 Å². The molecule has 0 unspecified atom stereocenters. The van der Waals surface area contributed by atoms with Gasteiger partial charge in [-0.25, -0.2) is 0 Å². The van der Waals surface area contributed by atoms with Crippen molar-refractivity contribution in [3.05, 3.63) is 0 Å². The van der Waals surface area contributed by atoms with E-state index in [2.05, 4.69) is 32.5 Å². The Balaban J connectivity index is 3.19. The summed E-state index contributed by atoms with van der Waals surface area (Å²) in [6.45, 7) is 7.53. The smallest absolute Gasteiger partial charge is 0.00255 e. The van der Waals surface area contributed by atoms with Crippen LogP contribution in [-0.4, -0.2) is 18.1 Å². The summed E-state index contributed by atoms with van der Waals surface area (Å²) in [4.78, 5) is 0. The molecule has 0 atom stereocenters. The van der Waals surface area contributed by atoms with Gasteiger partial charge in [-0.1, -0.05) is 27.2 Å². The van der Waals surface area contributed by atoms with Crippen molar-refractivity contribution in [3.8, 4) is 0 Å². The van der Waals surface area contributed by atoms with Gasteiger partial charge in [0.15, 0.2) is 0 Å². The van der Waals surface area contributed by atoms with Crippen LogP contribution in [0.25, 0.3) is 0 Å². The largest absolute Gasteiger partial charge is 0.330 e. The molecule has 0 spiro atoms. The van der Waals surface area contributed by atoms with Gasteiger partial charge in [0.05, 0.1) is 0 Å². The van der Waals surface area contributed by atoms with Gasteiger partial charge in [-0.15, -0.1) is 0 Å². The molecule has 0 amide bonds. The highest BCUT2D eigenvalue weighted by Gasteiger charge is 2.14. The summed E-state index contributed by atoms with van der Waals surface area (Å²) in [5.41, 5.74) is 5.98. The number of thioether (sulfide) groups is 1. The normalized spacial score (nSPS) is 12.0. The minimum atomic E-state index is 0.346. The molecule has 0 aliphatic carbocycles. The second kappa shape index (κ2) is 6.79. The Kier molecular flexibility index (Phi) is 6.96. The van der Waals surface area contributed by atoms with Crippen molar-refractivity contribution in [3.63, 3.8) is 0 Å². The SMILES string of the molecule is CCCCSCCC(C)(C)CN. The fraction of sp³-hybridized carbons (Fsp3) is 1.00. The van der Waals surface area contributed by atoms with Crippen LogP contribution in [0.1, 0.15) is 40.0 Å². The summed E-state index contributed by atoms with van der Waals surface area (Å²) >= 11 is 2.06. The van der Waals surface area contributed by atoms with E-state index in [0.717, 1.165) is 6.54 Å². The van der Waals surface area contributed by atoms with Gasteiger partial charge in [0.1, 0.15) is 0 Å². The summed E-state index contributed by atoms with van der Waals surface area (Å²) < 4.78 is 0. The summed E-state index contributed by atoms with van der Waals surface area (Å²) in [5.74, 6) is 2.58. The maximum absolute atomic E-state index is 5.64. The Morgan fingerprint density at radius 2 is 1.92 bits per heavy atom. The van der Waals surface area contributed by atoms with Gasteiger partial charge in [0.25, 0.3) is 0 Å². The predicted molar refractivity (Wildman–Crippen MR) is 59.7 cm³/mol. The van der Waals surface area contributed by atoms with E-state index in [0.29, 0.717) is 5.41 Å². The van der Waals surface area contributed by atoms with Gasteiger partial charge >= 0.3 is 0 Å². The lowest BCUT2D eigenvalue weighted by molar-refractivity contribution is 0.368. The maximum atomic E-state index is 5.64. The Morgan fingerprint density at radius 1 is 1.25 bits per heavy atom. The van der Waals surface area contributed by atoms with E-state index < -0.39 is 0 Å². The zero-order chi connectivity index (χ0) is 9.45. The van der Waals surface area contributed by atoms with Gasteiger partial charge in [0, 0.05) is 0 Å². The van der Waals surface area contributed by atoms with Crippen LogP contribution in [0.5, 0.6) is 0 Å². The second-order valence-electron chi connectivity index (χ2n) is 4.08. The highest BCUT2D eigenvalue weighted by molar-refractivity contribution is 7.99. The van der Waals surface area contributed by atoms with E-state index in [1.165, 1.54) is 30.8 Å². The summed E-state index contributed by atoms with van der Waals surface area (Å²) in [7, 11) is 0. The van der Waals surface area contributed by atoms with Gasteiger partial charge < -0.3 is 5.73 Å². The highest BCUT2D eigenvalue weighted by atomic mass is 32.2. The monoisotopic (exact) mass is 189 g/mol. The second-order valence-corrected chi connectivity index (χ2v) is 5.31. The Morgan fingerprint density at radius 3 is 2.42 bits per heavy atom. The molecule has 1 nitrogen and oxygen atoms in total. The Labute approximate surface area is 81.5 Å². The minimum Gasteiger partial charge on any atom is -0.330 e. The standard InChI is InChI=1S/C10H23NS/c1-4-5-7-12-8-6-10(2,3)9-11/h4-9,11H2,1-3H3. The third-order valence-corrected chi connectivity index (χ3v) is 3.19. The molecule has 2 N–H and O–H groups in total. The summed E-state index contributed by atoms with van der Waals surface area (Å²) in [5, 5.41) is 0. The first kappa shape index (κ1) is 12.3. The van der Waals surface area contributed by atoms with E-state index >= 15 is 0 Å². The number of unbranched alkanes of at least 4 members (excludes halogenated alkanes) is 1. The lowest BCUT2D eigenvalue weighted by Crippen LogP contribution is -2.24. The number of hydrogen-bond donors (Lipinski definition) is 1. The van der Waals surface area contributed by atoms with Crippen LogP contribution in [0.15, 0.2) is 0 Å². The van der Waals surface area contributed by atoms with Gasteiger partial charge in [0.2, 0.25) is 0 Å². The maximum Gasteiger partial charge on any atom is -0.00255 e. The summed E-state index contributed by atoms with van der Waals surface area (Å²) in [6, 6.07) is 0. The molecule has 0 aromatic rings. The molecule has 0 aromatic heterocycles. The van der Waals surface area contributed by atoms with Crippen LogP contribution in [0.3, 0.4) is 0 Å². The van der Waals surface area contributed by atoms with Crippen LogP contribution >= 0.6 is 11.8 Å². The van der Waals surface area contributed by atoms with Crippen molar-refractivity contribution in [2.45, 2.75) is 40.0 Å². The predicted octanol–water partition coefficient (Wildman–Crippen LogP) is 2.89. The molecule has 0 rings (SSSR count). The van der Waals surface area contributed by atoms with E-state index in [1.54, 1.807) is 0 Å². The van der Waals surface area contributed by atoms with Gasteiger partial charge in [-0.3, -0.25) is 0 Å². The first-order chi connectivity index (χ1) is 5.62. The molecule has 12 heavy (non-hydrogen) atoms. The number of rotatable bonds is 7. The summed E-state index contributed by atoms with van der Waals surface area (Å²) in [6.07, 6.45) is 3.92. The van der Waals surface area contributed by atoms with Crippen molar-refractivity contribution in [1.29, 1.82) is 0 Å². The molecule has 0 saturated carbocycles. The fourth-order valence-electron chi connectivity index (χ4n) is 0.799. The highest BCUT2D eigenvalue weighted by Crippen LogP contribution is 2.21. The van der Waals surface area contributed by atoms with Crippen LogP contribution in [0.2, 0.25) is 0 Å². The molecule has 0 bridgehead atoms. The average molecular weight is 189 g/mol. The van der Waals surface area contributed by atoms with Crippen molar-refractivity contribution >= 4 is 11.8 Å². The van der Waals surface area contributed by atoms with Crippen LogP contribution in [0.4, 0.5) is 0 Å². The molecular formula is C10H23NS. The molecule has 0 aliphatic rings. The van der Waals surface area contributed by atoms with Crippen molar-refractivity contribution in [2.75, 3.05) is 18.1 Å². The molecule has 74 valence electrons. The van der Waals surface area contributed by atoms with Crippen LogP contribution in [0, 0.1) is 5.41 Å². The van der Waals surface area contributed by atoms with E-state index in [1.807, 2.05) is 0 Å². The van der Waals surface area contributed by atoms with E-state index in [4.69, 9.17) is 5.73 Å². The molecule has 0 saturated heterocycles. The molecule has 0 aliphatic heterocycles.